The van der Waals surface area contributed by atoms with E-state index in [9.17, 15) is 9.90 Å². The van der Waals surface area contributed by atoms with E-state index >= 15 is 0 Å². The molecule has 1 amide bonds. The van der Waals surface area contributed by atoms with Crippen LogP contribution < -0.4 is 0 Å². The summed E-state index contributed by atoms with van der Waals surface area (Å²) in [5.74, 6) is 0.415. The number of hydrogen-bond donors (Lipinski definition) is 1. The molecule has 1 heterocycles. The van der Waals surface area contributed by atoms with Crippen LogP contribution in [0.2, 0.25) is 0 Å². The van der Waals surface area contributed by atoms with Crippen molar-refractivity contribution in [1.82, 2.24) is 4.90 Å². The molecule has 0 aliphatic carbocycles. The molecule has 1 aromatic carbocycles. The zero-order valence-corrected chi connectivity index (χ0v) is 12.8. The molecule has 21 heavy (non-hydrogen) atoms. The Bertz CT molecular complexity index is 461. The number of amides is 1. The van der Waals surface area contributed by atoms with Crippen LogP contribution in [0.5, 0.6) is 5.75 Å². The second-order valence-electron chi connectivity index (χ2n) is 5.58. The highest BCUT2D eigenvalue weighted by molar-refractivity contribution is 5.77. The number of aromatic hydroxyl groups is 1. The van der Waals surface area contributed by atoms with Gasteiger partial charge in [-0.1, -0.05) is 12.1 Å². The van der Waals surface area contributed by atoms with E-state index in [2.05, 4.69) is 0 Å². The van der Waals surface area contributed by atoms with Gasteiger partial charge in [0.15, 0.2) is 0 Å². The van der Waals surface area contributed by atoms with Gasteiger partial charge in [0.25, 0.3) is 0 Å². The maximum Gasteiger partial charge on any atom is 0.248 e. The normalized spacial score (nSPS) is 18.7. The third kappa shape index (κ3) is 4.74. The van der Waals surface area contributed by atoms with E-state index in [1.165, 1.54) is 6.42 Å². The van der Waals surface area contributed by atoms with Crippen molar-refractivity contribution >= 4 is 5.91 Å². The van der Waals surface area contributed by atoms with Gasteiger partial charge in [0.05, 0.1) is 0 Å². The fraction of sp³-hybridized carbons (Fsp3) is 0.588. The van der Waals surface area contributed by atoms with Gasteiger partial charge in [0.1, 0.15) is 12.4 Å². The lowest BCUT2D eigenvalue weighted by Crippen LogP contribution is -2.45. The Morgan fingerprint density at radius 2 is 2.29 bits per heavy atom. The zero-order valence-electron chi connectivity index (χ0n) is 12.8. The topological polar surface area (TPSA) is 49.8 Å². The second kappa shape index (κ2) is 8.03. The summed E-state index contributed by atoms with van der Waals surface area (Å²) in [5, 5.41) is 9.51. The first-order valence-electron chi connectivity index (χ1n) is 7.86. The molecule has 0 unspecified atom stereocenters. The molecule has 0 radical (unpaired) electrons. The third-order valence-electron chi connectivity index (χ3n) is 4.05. The van der Waals surface area contributed by atoms with Crippen molar-refractivity contribution in [2.45, 2.75) is 45.1 Å². The van der Waals surface area contributed by atoms with E-state index in [0.717, 1.165) is 37.8 Å². The van der Waals surface area contributed by atoms with Crippen molar-refractivity contribution in [1.29, 1.82) is 0 Å². The Morgan fingerprint density at radius 1 is 1.43 bits per heavy atom. The van der Waals surface area contributed by atoms with Crippen molar-refractivity contribution in [2.24, 2.45) is 0 Å². The molecule has 1 saturated heterocycles. The summed E-state index contributed by atoms with van der Waals surface area (Å²) >= 11 is 0. The Hall–Kier alpha value is -1.55. The maximum absolute atomic E-state index is 12.2. The molecule has 0 bridgehead atoms. The van der Waals surface area contributed by atoms with Gasteiger partial charge in [-0.3, -0.25) is 4.79 Å². The van der Waals surface area contributed by atoms with Crippen LogP contribution in [0.3, 0.4) is 0 Å². The SMILES string of the molecule is CCOCC(=O)N1CCCC[C@H]1CCc1cccc(O)c1. The van der Waals surface area contributed by atoms with E-state index < -0.39 is 0 Å². The summed E-state index contributed by atoms with van der Waals surface area (Å²) in [7, 11) is 0. The lowest BCUT2D eigenvalue weighted by molar-refractivity contribution is -0.139. The Kier molecular flexibility index (Phi) is 6.05. The molecule has 1 atom stereocenters. The molecule has 2 rings (SSSR count). The highest BCUT2D eigenvalue weighted by Gasteiger charge is 2.26. The summed E-state index contributed by atoms with van der Waals surface area (Å²) in [5.41, 5.74) is 1.12. The first kappa shape index (κ1) is 15.8. The van der Waals surface area contributed by atoms with Gasteiger partial charge in [0.2, 0.25) is 5.91 Å². The fourth-order valence-electron chi connectivity index (χ4n) is 2.95. The summed E-state index contributed by atoms with van der Waals surface area (Å²) in [6.07, 6.45) is 5.17. The predicted octanol–water partition coefficient (Wildman–Crippen LogP) is 2.74. The lowest BCUT2D eigenvalue weighted by Gasteiger charge is -2.36. The molecule has 1 aliphatic rings. The number of rotatable bonds is 6. The van der Waals surface area contributed by atoms with Crippen molar-refractivity contribution < 1.29 is 14.6 Å². The number of ether oxygens (including phenoxy) is 1. The minimum absolute atomic E-state index is 0.109. The second-order valence-corrected chi connectivity index (χ2v) is 5.58. The highest BCUT2D eigenvalue weighted by atomic mass is 16.5. The van der Waals surface area contributed by atoms with E-state index in [-0.39, 0.29) is 12.5 Å². The van der Waals surface area contributed by atoms with Crippen LogP contribution in [0, 0.1) is 0 Å². The van der Waals surface area contributed by atoms with Crippen LogP contribution >= 0.6 is 0 Å². The molecule has 0 aromatic heterocycles. The quantitative estimate of drug-likeness (QED) is 0.876. The molecule has 1 aliphatic heterocycles. The monoisotopic (exact) mass is 291 g/mol. The van der Waals surface area contributed by atoms with Crippen LogP contribution in [-0.4, -0.2) is 41.7 Å². The molecule has 4 nitrogen and oxygen atoms in total. The van der Waals surface area contributed by atoms with Crippen molar-refractivity contribution in [3.05, 3.63) is 29.8 Å². The number of nitrogens with zero attached hydrogens (tertiary/aromatic N) is 1. The zero-order chi connectivity index (χ0) is 15.1. The average molecular weight is 291 g/mol. The number of phenolic OH excluding ortho intramolecular Hbond substituents is 1. The van der Waals surface area contributed by atoms with Crippen LogP contribution in [-0.2, 0) is 16.0 Å². The smallest absolute Gasteiger partial charge is 0.248 e. The molecule has 1 N–H and O–H groups in total. The van der Waals surface area contributed by atoms with E-state index in [1.54, 1.807) is 12.1 Å². The molecular formula is C17H25NO3. The molecule has 0 saturated carbocycles. The Labute approximate surface area is 126 Å². The Morgan fingerprint density at radius 3 is 3.05 bits per heavy atom. The minimum atomic E-state index is 0.109. The number of aryl methyl sites for hydroxylation is 1. The summed E-state index contributed by atoms with van der Waals surface area (Å²) < 4.78 is 5.25. The first-order valence-corrected chi connectivity index (χ1v) is 7.86. The first-order chi connectivity index (χ1) is 10.2. The maximum atomic E-state index is 12.2. The molecule has 1 aromatic rings. The highest BCUT2D eigenvalue weighted by Crippen LogP contribution is 2.22. The third-order valence-corrected chi connectivity index (χ3v) is 4.05. The molecule has 4 heteroatoms. The summed E-state index contributed by atoms with van der Waals surface area (Å²) in [6.45, 7) is 3.52. The van der Waals surface area contributed by atoms with Crippen molar-refractivity contribution in [3.63, 3.8) is 0 Å². The number of carbonyl (C=O) groups is 1. The molecule has 116 valence electrons. The minimum Gasteiger partial charge on any atom is -0.508 e. The summed E-state index contributed by atoms with van der Waals surface area (Å²) in [4.78, 5) is 14.2. The number of hydrogen-bond acceptors (Lipinski definition) is 3. The van der Waals surface area contributed by atoms with E-state index in [0.29, 0.717) is 18.4 Å². The number of carbonyl (C=O) groups excluding carboxylic acids is 1. The van der Waals surface area contributed by atoms with Crippen molar-refractivity contribution in [3.8, 4) is 5.75 Å². The van der Waals surface area contributed by atoms with Gasteiger partial charge in [-0.25, -0.2) is 0 Å². The van der Waals surface area contributed by atoms with Gasteiger partial charge in [0, 0.05) is 19.2 Å². The van der Waals surface area contributed by atoms with Crippen LogP contribution in [0.25, 0.3) is 0 Å². The van der Waals surface area contributed by atoms with Crippen molar-refractivity contribution in [2.75, 3.05) is 19.8 Å². The molecule has 1 fully saturated rings. The van der Waals surface area contributed by atoms with Crippen LogP contribution in [0.4, 0.5) is 0 Å². The van der Waals surface area contributed by atoms with Crippen LogP contribution in [0.15, 0.2) is 24.3 Å². The fourth-order valence-corrected chi connectivity index (χ4v) is 2.95. The summed E-state index contributed by atoms with van der Waals surface area (Å²) in [6, 6.07) is 7.67. The largest absolute Gasteiger partial charge is 0.508 e. The van der Waals surface area contributed by atoms with Gasteiger partial charge >= 0.3 is 0 Å². The van der Waals surface area contributed by atoms with Gasteiger partial charge in [-0.15, -0.1) is 0 Å². The van der Waals surface area contributed by atoms with E-state index in [1.807, 2.05) is 24.0 Å². The average Bonchev–Trinajstić information content (AvgIpc) is 2.51. The van der Waals surface area contributed by atoms with E-state index in [4.69, 9.17) is 4.74 Å². The van der Waals surface area contributed by atoms with Gasteiger partial charge in [-0.2, -0.15) is 0 Å². The lowest BCUT2D eigenvalue weighted by atomic mass is 9.95. The number of phenols is 1. The molecule has 0 spiro atoms. The number of likely N-dealkylation sites (tertiary alicyclic amines) is 1. The number of piperidine rings is 1. The van der Waals surface area contributed by atoms with Gasteiger partial charge < -0.3 is 14.7 Å². The van der Waals surface area contributed by atoms with Crippen LogP contribution in [0.1, 0.15) is 38.2 Å². The van der Waals surface area contributed by atoms with Gasteiger partial charge in [-0.05, 0) is 56.7 Å². The predicted molar refractivity (Wildman–Crippen MR) is 82.3 cm³/mol. The Balaban J connectivity index is 1.91. The standard InChI is InChI=1S/C17H25NO3/c1-2-21-13-17(20)18-11-4-3-7-15(18)10-9-14-6-5-8-16(19)12-14/h5-6,8,12,15,19H,2-4,7,9-11,13H2,1H3/t15-/m0/s1. The number of benzene rings is 1. The molecular weight excluding hydrogens is 266 g/mol.